The SMILES string of the molecule is C=CC[C@H](C)CS(=O)(=NC(=O)c1ccc2c(c1)N(C[C@@H]1CC[C@H]1CC=C)C[C@@]1(CCCc3cc(Cl)ccc31)CO2)NC(=O)c1cn(C)nc1OC. The fourth-order valence-electron chi connectivity index (χ4n) is 7.93. The number of halogens is 1. The number of carbonyl (C=O) groups excluding carboxylic acids is 2. The molecule has 1 unspecified atom stereocenters. The number of hydrogen-bond acceptors (Lipinski definition) is 7. The zero-order valence-electron chi connectivity index (χ0n) is 29.7. The third-order valence-electron chi connectivity index (χ3n) is 10.6. The Labute approximate surface area is 306 Å². The van der Waals surface area contributed by atoms with Gasteiger partial charge in [-0.25, -0.2) is 4.21 Å². The van der Waals surface area contributed by atoms with Gasteiger partial charge in [-0.15, -0.1) is 22.6 Å². The van der Waals surface area contributed by atoms with Crippen LogP contribution in [0.4, 0.5) is 5.69 Å². The number of nitrogens with zero attached hydrogens (tertiary/aromatic N) is 4. The fourth-order valence-corrected chi connectivity index (χ4v) is 10.0. The molecule has 1 aromatic heterocycles. The summed E-state index contributed by atoms with van der Waals surface area (Å²) in [5.41, 5.74) is 3.45. The number of fused-ring (bicyclic) bond motifs is 3. The lowest BCUT2D eigenvalue weighted by Gasteiger charge is -2.44. The minimum Gasteiger partial charge on any atom is -0.490 e. The van der Waals surface area contributed by atoms with Crippen LogP contribution in [0.25, 0.3) is 0 Å². The van der Waals surface area contributed by atoms with Gasteiger partial charge in [0.1, 0.15) is 21.2 Å². The lowest BCUT2D eigenvalue weighted by atomic mass is 9.69. The Morgan fingerprint density at radius 2 is 2.02 bits per heavy atom. The highest BCUT2D eigenvalue weighted by atomic mass is 35.5. The van der Waals surface area contributed by atoms with Crippen LogP contribution in [0.2, 0.25) is 5.02 Å². The highest BCUT2D eigenvalue weighted by Crippen LogP contribution is 2.46. The lowest BCUT2D eigenvalue weighted by Crippen LogP contribution is -2.48. The molecule has 1 saturated carbocycles. The van der Waals surface area contributed by atoms with Gasteiger partial charge in [-0.3, -0.25) is 19.0 Å². The Bertz CT molecular complexity index is 1950. The van der Waals surface area contributed by atoms with E-state index in [0.29, 0.717) is 30.6 Å². The smallest absolute Gasteiger partial charge is 0.286 e. The zero-order valence-corrected chi connectivity index (χ0v) is 31.3. The summed E-state index contributed by atoms with van der Waals surface area (Å²) < 4.78 is 34.5. The molecule has 51 heavy (non-hydrogen) atoms. The van der Waals surface area contributed by atoms with Crippen molar-refractivity contribution in [2.45, 2.75) is 57.3 Å². The van der Waals surface area contributed by atoms with Crippen molar-refractivity contribution in [1.29, 1.82) is 0 Å². The maximum Gasteiger partial charge on any atom is 0.286 e. The van der Waals surface area contributed by atoms with Crippen molar-refractivity contribution in [3.8, 4) is 11.6 Å². The molecule has 2 amide bonds. The van der Waals surface area contributed by atoms with Crippen molar-refractivity contribution >= 4 is 39.0 Å². The van der Waals surface area contributed by atoms with Crippen molar-refractivity contribution in [1.82, 2.24) is 14.5 Å². The number of benzene rings is 2. The molecule has 1 fully saturated rings. The summed E-state index contributed by atoms with van der Waals surface area (Å²) in [6.07, 6.45) is 12.0. The van der Waals surface area contributed by atoms with Crippen molar-refractivity contribution < 1.29 is 23.3 Å². The van der Waals surface area contributed by atoms with Crippen LogP contribution in [-0.4, -0.2) is 58.4 Å². The maximum atomic E-state index is 14.4. The lowest BCUT2D eigenvalue weighted by molar-refractivity contribution is 0.0979. The van der Waals surface area contributed by atoms with Gasteiger partial charge in [-0.05, 0) is 104 Å². The summed E-state index contributed by atoms with van der Waals surface area (Å²) in [6.45, 7) is 11.7. The number of allylic oxidation sites excluding steroid dienone is 2. The Morgan fingerprint density at radius 3 is 2.75 bits per heavy atom. The largest absolute Gasteiger partial charge is 0.490 e. The first-order valence-corrected chi connectivity index (χ1v) is 19.7. The van der Waals surface area contributed by atoms with E-state index in [2.05, 4.69) is 44.4 Å². The highest BCUT2D eigenvalue weighted by Gasteiger charge is 2.43. The third-order valence-corrected chi connectivity index (χ3v) is 12.8. The molecule has 12 heteroatoms. The van der Waals surface area contributed by atoms with E-state index in [1.165, 1.54) is 35.5 Å². The number of ether oxygens (including phenoxy) is 2. The molecule has 0 radical (unpaired) electrons. The molecular weight excluding hydrogens is 686 g/mol. The van der Waals surface area contributed by atoms with Crippen LogP contribution in [0.15, 0.2) is 72.3 Å². The summed E-state index contributed by atoms with van der Waals surface area (Å²) in [5, 5.41) is 4.87. The van der Waals surface area contributed by atoms with E-state index in [1.807, 2.05) is 31.2 Å². The average molecular weight is 734 g/mol. The minimum absolute atomic E-state index is 0.0441. The van der Waals surface area contributed by atoms with Crippen molar-refractivity contribution in [3.63, 3.8) is 0 Å². The Hall–Kier alpha value is -4.09. The summed E-state index contributed by atoms with van der Waals surface area (Å²) in [6, 6.07) is 11.5. The molecule has 10 nitrogen and oxygen atoms in total. The van der Waals surface area contributed by atoms with Gasteiger partial charge >= 0.3 is 0 Å². The Balaban J connectivity index is 1.36. The van der Waals surface area contributed by atoms with Crippen LogP contribution in [0.3, 0.4) is 0 Å². The van der Waals surface area contributed by atoms with E-state index in [-0.39, 0.29) is 34.1 Å². The average Bonchev–Trinajstić information content (AvgIpc) is 3.40. The number of aryl methyl sites for hydroxylation is 2. The van der Waals surface area contributed by atoms with Gasteiger partial charge in [0.2, 0.25) is 5.88 Å². The number of rotatable bonds is 12. The number of nitrogens with one attached hydrogen (secondary N) is 1. The Kier molecular flexibility index (Phi) is 11.0. The quantitative estimate of drug-likeness (QED) is 0.194. The first kappa shape index (κ1) is 36.7. The maximum absolute atomic E-state index is 14.4. The summed E-state index contributed by atoms with van der Waals surface area (Å²) in [5.74, 6) is 0.226. The first-order chi connectivity index (χ1) is 24.5. The number of methoxy groups -OCH3 is 1. The van der Waals surface area contributed by atoms with Gasteiger partial charge in [-0.1, -0.05) is 36.7 Å². The van der Waals surface area contributed by atoms with Crippen LogP contribution in [0.1, 0.15) is 77.3 Å². The molecule has 1 aliphatic heterocycles. The highest BCUT2D eigenvalue weighted by molar-refractivity contribution is 7.92. The predicted octanol–water partition coefficient (Wildman–Crippen LogP) is 7.32. The summed E-state index contributed by atoms with van der Waals surface area (Å²) in [7, 11) is -0.530. The van der Waals surface area contributed by atoms with E-state index < -0.39 is 21.7 Å². The molecule has 0 saturated heterocycles. The molecule has 3 aliphatic rings. The molecule has 2 aliphatic carbocycles. The fraction of sp³-hybridized carbons (Fsp3) is 0.462. The zero-order chi connectivity index (χ0) is 36.3. The van der Waals surface area contributed by atoms with Crippen LogP contribution in [-0.2, 0) is 28.8 Å². The molecule has 5 atom stereocenters. The third kappa shape index (κ3) is 7.89. The van der Waals surface area contributed by atoms with Crippen LogP contribution in [0.5, 0.6) is 11.6 Å². The van der Waals surface area contributed by atoms with Crippen LogP contribution >= 0.6 is 11.6 Å². The second-order valence-corrected chi connectivity index (χ2v) is 16.8. The van der Waals surface area contributed by atoms with Gasteiger partial charge in [-0.2, -0.15) is 0 Å². The standard InChI is InChI=1S/C39H48ClN5O5S/c1-6-9-26(3)23-51(48,43-37(47)32-22-44(4)41-38(32)49-5)42-36(46)29-14-17-35-34(20-29)45(21-30-13-12-27(30)10-7-2)24-39(25-50-35)18-8-11-28-19-31(40)15-16-33(28)39/h6-7,14-17,19-20,22,26-27,30H,1-2,8-13,18,21,23-25H2,3-5H3,(H,42,43,46,47,48)/t26-,27+,30-,39-,51?/m0/s1. The number of aromatic nitrogens is 2. The minimum atomic E-state index is -3.58. The van der Waals surface area contributed by atoms with Gasteiger partial charge in [0.15, 0.2) is 0 Å². The monoisotopic (exact) mass is 733 g/mol. The van der Waals surface area contributed by atoms with Crippen molar-refractivity contribution in [3.05, 3.63) is 95.2 Å². The molecule has 2 heterocycles. The van der Waals surface area contributed by atoms with E-state index >= 15 is 0 Å². The van der Waals surface area contributed by atoms with Gasteiger partial charge in [0, 0.05) is 42.3 Å². The topological polar surface area (TPSA) is 115 Å². The number of anilines is 1. The number of hydrogen-bond donors (Lipinski definition) is 1. The summed E-state index contributed by atoms with van der Waals surface area (Å²) >= 11 is 6.44. The molecule has 0 bridgehead atoms. The normalized spacial score (nSPS) is 22.5. The molecule has 6 rings (SSSR count). The van der Waals surface area contributed by atoms with E-state index in [9.17, 15) is 13.8 Å². The molecule has 1 spiro atoms. The second-order valence-electron chi connectivity index (χ2n) is 14.4. The molecule has 272 valence electrons. The Morgan fingerprint density at radius 1 is 1.22 bits per heavy atom. The molecule has 2 aromatic carbocycles. The molecule has 1 N–H and O–H groups in total. The van der Waals surface area contributed by atoms with Gasteiger partial charge < -0.3 is 14.4 Å². The van der Waals surface area contributed by atoms with Crippen LogP contribution < -0.4 is 19.1 Å². The van der Waals surface area contributed by atoms with Crippen LogP contribution in [0, 0.1) is 17.8 Å². The van der Waals surface area contributed by atoms with Crippen molar-refractivity contribution in [2.75, 3.05) is 37.5 Å². The van der Waals surface area contributed by atoms with Gasteiger partial charge in [0.25, 0.3) is 11.8 Å². The molecular formula is C39H48ClN5O5S. The second kappa shape index (κ2) is 15.3. The van der Waals surface area contributed by atoms with Gasteiger partial charge in [0.05, 0.1) is 25.2 Å². The number of amides is 2. The summed E-state index contributed by atoms with van der Waals surface area (Å²) in [4.78, 5) is 29.8. The first-order valence-electron chi connectivity index (χ1n) is 17.7. The predicted molar refractivity (Wildman–Crippen MR) is 202 cm³/mol. The van der Waals surface area contributed by atoms with Crippen molar-refractivity contribution in [2.24, 2.45) is 29.2 Å². The van der Waals surface area contributed by atoms with E-state index in [1.54, 1.807) is 19.2 Å². The van der Waals surface area contributed by atoms with E-state index in [0.717, 1.165) is 55.9 Å². The number of carbonyl (C=O) groups is 2. The molecule has 3 aromatic rings. The van der Waals surface area contributed by atoms with E-state index in [4.69, 9.17) is 21.1 Å².